The van der Waals surface area contributed by atoms with E-state index in [4.69, 9.17) is 0 Å². The molecule has 1 aromatic carbocycles. The maximum Gasteiger partial charge on any atom is 0.311 e. The smallest absolute Gasteiger partial charge is 0.311 e. The fourth-order valence-corrected chi connectivity index (χ4v) is 1.98. The molecular weight excluding hydrogens is 287 g/mol. The van der Waals surface area contributed by atoms with Gasteiger partial charge in [-0.15, -0.1) is 0 Å². The quantitative estimate of drug-likeness (QED) is 0.849. The summed E-state index contributed by atoms with van der Waals surface area (Å²) in [6.07, 6.45) is 0.487. The Balaban J connectivity index is 2.95. The highest BCUT2D eigenvalue weighted by Crippen LogP contribution is 2.26. The number of carboxylic acids is 1. The van der Waals surface area contributed by atoms with Crippen molar-refractivity contribution >= 4 is 11.9 Å². The molecule has 0 aliphatic rings. The number of aliphatic carboxylic acids is 1. The van der Waals surface area contributed by atoms with Crippen molar-refractivity contribution in [1.29, 1.82) is 0 Å². The van der Waals surface area contributed by atoms with E-state index < -0.39 is 40.3 Å². The summed E-state index contributed by atoms with van der Waals surface area (Å²) in [5, 5.41) is 11.4. The lowest BCUT2D eigenvalue weighted by atomic mass is 9.82. The summed E-state index contributed by atoms with van der Waals surface area (Å²) < 4.78 is 39.7. The Bertz CT molecular complexity index is 533. The molecule has 0 unspecified atom stereocenters. The van der Waals surface area contributed by atoms with Gasteiger partial charge in [0.25, 0.3) is 5.91 Å². The highest BCUT2D eigenvalue weighted by Gasteiger charge is 2.35. The van der Waals surface area contributed by atoms with Crippen molar-refractivity contribution in [2.75, 3.05) is 6.54 Å². The molecule has 2 N–H and O–H groups in total. The Kier molecular flexibility index (Phi) is 5.34. The summed E-state index contributed by atoms with van der Waals surface area (Å²) in [5.74, 6) is -6.02. The van der Waals surface area contributed by atoms with E-state index in [1.165, 1.54) is 0 Å². The minimum atomic E-state index is -1.33. The number of nitrogens with one attached hydrogen (secondary N) is 1. The van der Waals surface area contributed by atoms with Crippen molar-refractivity contribution < 1.29 is 27.9 Å². The zero-order valence-electron chi connectivity index (χ0n) is 11.7. The Morgan fingerprint density at radius 3 is 2.00 bits per heavy atom. The number of rotatable bonds is 6. The molecule has 1 amide bonds. The molecule has 0 aromatic heterocycles. The molecule has 1 rings (SSSR count). The molecule has 21 heavy (non-hydrogen) atoms. The molecule has 0 radical (unpaired) electrons. The second-order valence-corrected chi connectivity index (χ2v) is 4.72. The van der Waals surface area contributed by atoms with Crippen LogP contribution in [0.5, 0.6) is 0 Å². The summed E-state index contributed by atoms with van der Waals surface area (Å²) in [6.45, 7) is 3.01. The average Bonchev–Trinajstić information content (AvgIpc) is 2.38. The van der Waals surface area contributed by atoms with E-state index in [9.17, 15) is 27.9 Å². The summed E-state index contributed by atoms with van der Waals surface area (Å²) in [6, 6.07) is 0.782. The van der Waals surface area contributed by atoms with Gasteiger partial charge in [-0.25, -0.2) is 13.2 Å². The first kappa shape index (κ1) is 17.0. The highest BCUT2D eigenvalue weighted by molar-refractivity contribution is 5.95. The average molecular weight is 303 g/mol. The third kappa shape index (κ3) is 3.53. The zero-order valence-corrected chi connectivity index (χ0v) is 11.7. The Morgan fingerprint density at radius 1 is 1.14 bits per heavy atom. The van der Waals surface area contributed by atoms with Crippen molar-refractivity contribution in [2.45, 2.75) is 26.7 Å². The van der Waals surface area contributed by atoms with Gasteiger partial charge in [-0.1, -0.05) is 13.8 Å². The molecule has 116 valence electrons. The first-order valence-corrected chi connectivity index (χ1v) is 6.43. The molecule has 0 atom stereocenters. The molecule has 0 saturated carbocycles. The number of hydrogen-bond donors (Lipinski definition) is 2. The third-order valence-electron chi connectivity index (χ3n) is 3.63. The Labute approximate surface area is 120 Å². The van der Waals surface area contributed by atoms with Crippen LogP contribution in [0.15, 0.2) is 12.1 Å². The van der Waals surface area contributed by atoms with Gasteiger partial charge in [0.1, 0.15) is 23.0 Å². The van der Waals surface area contributed by atoms with E-state index in [-0.39, 0.29) is 19.4 Å². The van der Waals surface area contributed by atoms with Crippen molar-refractivity contribution in [3.05, 3.63) is 35.1 Å². The maximum atomic E-state index is 13.4. The second kappa shape index (κ2) is 6.60. The molecule has 7 heteroatoms. The van der Waals surface area contributed by atoms with Crippen molar-refractivity contribution in [3.8, 4) is 0 Å². The van der Waals surface area contributed by atoms with Crippen LogP contribution in [0.2, 0.25) is 0 Å². The number of carbonyl (C=O) groups excluding carboxylic acids is 1. The van der Waals surface area contributed by atoms with Crippen LogP contribution in [0.4, 0.5) is 13.2 Å². The van der Waals surface area contributed by atoms with Crippen LogP contribution in [0.3, 0.4) is 0 Å². The molecule has 0 aliphatic heterocycles. The first-order valence-electron chi connectivity index (χ1n) is 6.43. The van der Waals surface area contributed by atoms with E-state index in [2.05, 4.69) is 5.32 Å². The van der Waals surface area contributed by atoms with Gasteiger partial charge in [0.05, 0.1) is 5.41 Å². The summed E-state index contributed by atoms with van der Waals surface area (Å²) in [4.78, 5) is 23.1. The van der Waals surface area contributed by atoms with Crippen molar-refractivity contribution in [2.24, 2.45) is 5.41 Å². The van der Waals surface area contributed by atoms with Crippen LogP contribution in [-0.2, 0) is 4.79 Å². The third-order valence-corrected chi connectivity index (χ3v) is 3.63. The summed E-state index contributed by atoms with van der Waals surface area (Å²) in [5.41, 5.74) is -2.13. The number of carboxylic acid groups (broad SMARTS) is 1. The van der Waals surface area contributed by atoms with E-state index in [1.807, 2.05) is 0 Å². The predicted molar refractivity (Wildman–Crippen MR) is 69.3 cm³/mol. The molecule has 1 aromatic rings. The van der Waals surface area contributed by atoms with Crippen LogP contribution in [0.25, 0.3) is 0 Å². The SMILES string of the molecule is CCC(CC)(CNC(=O)c1c(F)cc(F)cc1F)C(=O)O. The normalized spacial score (nSPS) is 11.3. The van der Waals surface area contributed by atoms with Gasteiger partial charge >= 0.3 is 5.97 Å². The lowest BCUT2D eigenvalue weighted by Gasteiger charge is -2.26. The number of amides is 1. The van der Waals surface area contributed by atoms with Gasteiger partial charge in [0.15, 0.2) is 0 Å². The topological polar surface area (TPSA) is 66.4 Å². The second-order valence-electron chi connectivity index (χ2n) is 4.72. The molecule has 0 aliphatic carbocycles. The number of benzene rings is 1. The zero-order chi connectivity index (χ0) is 16.2. The Hall–Kier alpha value is -2.05. The lowest BCUT2D eigenvalue weighted by molar-refractivity contribution is -0.149. The van der Waals surface area contributed by atoms with Crippen molar-refractivity contribution in [1.82, 2.24) is 5.32 Å². The van der Waals surface area contributed by atoms with Crippen LogP contribution < -0.4 is 5.32 Å². The minimum absolute atomic E-state index is 0.244. The highest BCUT2D eigenvalue weighted by atomic mass is 19.1. The van der Waals surface area contributed by atoms with Crippen LogP contribution in [-0.4, -0.2) is 23.5 Å². The van der Waals surface area contributed by atoms with E-state index >= 15 is 0 Å². The van der Waals surface area contributed by atoms with Gasteiger partial charge in [-0.2, -0.15) is 0 Å². The first-order chi connectivity index (χ1) is 9.77. The summed E-state index contributed by atoms with van der Waals surface area (Å²) >= 11 is 0. The van der Waals surface area contributed by atoms with E-state index in [0.29, 0.717) is 12.1 Å². The maximum absolute atomic E-state index is 13.4. The summed E-state index contributed by atoms with van der Waals surface area (Å²) in [7, 11) is 0. The van der Waals surface area contributed by atoms with E-state index in [1.54, 1.807) is 13.8 Å². The number of carbonyl (C=O) groups is 2. The molecular formula is C14H16F3NO3. The van der Waals surface area contributed by atoms with Gasteiger partial charge < -0.3 is 10.4 Å². The molecule has 4 nitrogen and oxygen atoms in total. The number of hydrogen-bond acceptors (Lipinski definition) is 2. The standard InChI is InChI=1S/C14H16F3NO3/c1-3-14(4-2,13(20)21)7-18-12(19)11-9(16)5-8(15)6-10(11)17/h5-6H,3-4,7H2,1-2H3,(H,18,19)(H,20,21). The van der Waals surface area contributed by atoms with Crippen LogP contribution in [0, 0.1) is 22.9 Å². The Morgan fingerprint density at radius 2 is 1.62 bits per heavy atom. The fraction of sp³-hybridized carbons (Fsp3) is 0.429. The van der Waals surface area contributed by atoms with Crippen LogP contribution in [0.1, 0.15) is 37.0 Å². The minimum Gasteiger partial charge on any atom is -0.481 e. The molecule has 0 spiro atoms. The predicted octanol–water partition coefficient (Wildman–Crippen LogP) is 2.72. The molecule has 0 fully saturated rings. The van der Waals surface area contributed by atoms with Gasteiger partial charge in [-0.3, -0.25) is 9.59 Å². The lowest BCUT2D eigenvalue weighted by Crippen LogP contribution is -2.42. The molecule has 0 saturated heterocycles. The van der Waals surface area contributed by atoms with Gasteiger partial charge in [0, 0.05) is 18.7 Å². The van der Waals surface area contributed by atoms with Gasteiger partial charge in [-0.05, 0) is 12.8 Å². The fourth-order valence-electron chi connectivity index (χ4n) is 1.98. The molecule has 0 bridgehead atoms. The van der Waals surface area contributed by atoms with Gasteiger partial charge in [0.2, 0.25) is 0 Å². The monoisotopic (exact) mass is 303 g/mol. The largest absolute Gasteiger partial charge is 0.481 e. The number of halogens is 3. The van der Waals surface area contributed by atoms with Crippen molar-refractivity contribution in [3.63, 3.8) is 0 Å². The van der Waals surface area contributed by atoms with Crippen LogP contribution >= 0.6 is 0 Å². The van der Waals surface area contributed by atoms with E-state index in [0.717, 1.165) is 0 Å². The molecule has 0 heterocycles.